The summed E-state index contributed by atoms with van der Waals surface area (Å²) in [5, 5.41) is 21.1. The lowest BCUT2D eigenvalue weighted by Gasteiger charge is -2.26. The second-order valence-electron chi connectivity index (χ2n) is 14.5. The zero-order valence-corrected chi connectivity index (χ0v) is 33.0. The highest BCUT2D eigenvalue weighted by Gasteiger charge is 2.36. The van der Waals surface area contributed by atoms with Crippen molar-refractivity contribution >= 4 is 35.3 Å². The number of likely N-dealkylation sites (N-methyl/N-ethyl adjacent to an activating group) is 1. The number of hydrogen-bond acceptors (Lipinski definition) is 9. The Morgan fingerprint density at radius 3 is 2.36 bits per heavy atom. The van der Waals surface area contributed by atoms with Gasteiger partial charge >= 0.3 is 0 Å². The maximum atomic E-state index is 13.5. The molecule has 14 heteroatoms. The monoisotopic (exact) mass is 762 g/mol. The van der Waals surface area contributed by atoms with Gasteiger partial charge in [-0.25, -0.2) is 0 Å². The third kappa shape index (κ3) is 14.5. The molecule has 0 radical (unpaired) electrons. The Hall–Kier alpha value is -5.24. The first kappa shape index (κ1) is 44.2. The van der Waals surface area contributed by atoms with Crippen LogP contribution in [-0.4, -0.2) is 108 Å². The molecule has 300 valence electrons. The number of likely N-dealkylation sites (tertiary alicyclic amines) is 1. The molecule has 2 aromatic rings. The van der Waals surface area contributed by atoms with Crippen molar-refractivity contribution in [3.8, 4) is 5.75 Å². The molecule has 0 saturated carbocycles. The highest BCUT2D eigenvalue weighted by atomic mass is 16.5. The molecule has 5 N–H and O–H groups in total. The number of nitrogens with zero attached hydrogens (tertiary/aromatic N) is 2. The normalized spacial score (nSPS) is 15.4. The fraction of sp³-hybridized carbons (Fsp3) is 0.512. The zero-order chi connectivity index (χ0) is 40.5. The number of carbonyl (C=O) groups is 6. The lowest BCUT2D eigenvalue weighted by molar-refractivity contribution is -0.142. The largest absolute Gasteiger partial charge is 0.493 e. The summed E-state index contributed by atoms with van der Waals surface area (Å²) in [6, 6.07) is 13.5. The van der Waals surface area contributed by atoms with Crippen molar-refractivity contribution in [2.24, 2.45) is 0 Å². The van der Waals surface area contributed by atoms with Crippen LogP contribution in [0.5, 0.6) is 5.75 Å². The topological polar surface area (TPSA) is 186 Å². The summed E-state index contributed by atoms with van der Waals surface area (Å²) in [5.74, 6) is -2.68. The van der Waals surface area contributed by atoms with Gasteiger partial charge in [0.2, 0.25) is 29.4 Å². The van der Waals surface area contributed by atoms with Gasteiger partial charge in [0.05, 0.1) is 37.8 Å². The SMILES string of the molecule is CC/C=C(\CNC(=O)C(=O)C(CCC)NC(=O)C1CCCN1C(=O)CNC(=O)Cc1cccc(OCCC(C)(C)O)c1)NC(C(=O)N(C)C)c1ccccc1. The molecule has 1 aliphatic rings. The number of rotatable bonds is 21. The van der Waals surface area contributed by atoms with E-state index >= 15 is 0 Å². The predicted molar refractivity (Wildman–Crippen MR) is 209 cm³/mol. The Labute approximate surface area is 324 Å². The molecule has 14 nitrogen and oxygen atoms in total. The van der Waals surface area contributed by atoms with Crippen LogP contribution in [0.1, 0.15) is 83.4 Å². The van der Waals surface area contributed by atoms with Crippen molar-refractivity contribution in [1.82, 2.24) is 31.1 Å². The Balaban J connectivity index is 1.55. The van der Waals surface area contributed by atoms with Crippen molar-refractivity contribution < 1.29 is 38.6 Å². The molecule has 1 fully saturated rings. The fourth-order valence-electron chi connectivity index (χ4n) is 6.08. The summed E-state index contributed by atoms with van der Waals surface area (Å²) >= 11 is 0. The number of amides is 5. The van der Waals surface area contributed by atoms with Crippen LogP contribution in [0, 0.1) is 0 Å². The van der Waals surface area contributed by atoms with Crippen LogP contribution < -0.4 is 26.0 Å². The summed E-state index contributed by atoms with van der Waals surface area (Å²) < 4.78 is 5.70. The van der Waals surface area contributed by atoms with Gasteiger partial charge in [0.1, 0.15) is 17.8 Å². The van der Waals surface area contributed by atoms with E-state index in [4.69, 9.17) is 4.74 Å². The van der Waals surface area contributed by atoms with Gasteiger partial charge < -0.3 is 40.9 Å². The fourth-order valence-corrected chi connectivity index (χ4v) is 6.08. The van der Waals surface area contributed by atoms with E-state index in [9.17, 15) is 33.9 Å². The second-order valence-corrected chi connectivity index (χ2v) is 14.5. The third-order valence-corrected chi connectivity index (χ3v) is 9.03. The van der Waals surface area contributed by atoms with Gasteiger partial charge in [-0.2, -0.15) is 0 Å². The van der Waals surface area contributed by atoms with E-state index in [0.29, 0.717) is 62.3 Å². The number of ketones is 1. The third-order valence-electron chi connectivity index (χ3n) is 9.03. The molecule has 3 unspecified atom stereocenters. The Morgan fingerprint density at radius 2 is 1.71 bits per heavy atom. The van der Waals surface area contributed by atoms with E-state index in [2.05, 4.69) is 21.3 Å². The number of allylic oxidation sites excluding steroid dienone is 1. The number of carbonyl (C=O) groups excluding carboxylic acids is 6. The van der Waals surface area contributed by atoms with E-state index in [0.717, 1.165) is 5.56 Å². The van der Waals surface area contributed by atoms with Gasteiger partial charge in [-0.15, -0.1) is 0 Å². The molecule has 3 rings (SSSR count). The summed E-state index contributed by atoms with van der Waals surface area (Å²) in [5.41, 5.74) is 1.12. The molecule has 0 bridgehead atoms. The van der Waals surface area contributed by atoms with Crippen molar-refractivity contribution in [2.75, 3.05) is 40.3 Å². The van der Waals surface area contributed by atoms with Gasteiger partial charge in [0.15, 0.2) is 0 Å². The van der Waals surface area contributed by atoms with E-state index < -0.39 is 47.2 Å². The highest BCUT2D eigenvalue weighted by molar-refractivity contribution is 6.38. The molecular formula is C41H58N6O8. The van der Waals surface area contributed by atoms with Gasteiger partial charge in [-0.3, -0.25) is 28.8 Å². The number of Topliss-reactive ketones (excluding diaryl/α,β-unsaturated/α-hetero) is 1. The van der Waals surface area contributed by atoms with Crippen LogP contribution in [0.25, 0.3) is 0 Å². The minimum atomic E-state index is -1.11. The first-order valence-electron chi connectivity index (χ1n) is 19.0. The van der Waals surface area contributed by atoms with Gasteiger partial charge in [0.25, 0.3) is 5.91 Å². The summed E-state index contributed by atoms with van der Waals surface area (Å²) in [6.45, 7) is 7.40. The number of benzene rings is 2. The molecule has 55 heavy (non-hydrogen) atoms. The van der Waals surface area contributed by atoms with E-state index in [1.54, 1.807) is 52.2 Å². The molecule has 0 spiro atoms. The minimum Gasteiger partial charge on any atom is -0.493 e. The van der Waals surface area contributed by atoms with Crippen molar-refractivity contribution in [3.63, 3.8) is 0 Å². The maximum Gasteiger partial charge on any atom is 0.289 e. The molecule has 1 heterocycles. The van der Waals surface area contributed by atoms with Gasteiger partial charge in [-0.05, 0) is 62.8 Å². The van der Waals surface area contributed by atoms with Gasteiger partial charge in [-0.1, -0.05) is 68.8 Å². The standard InChI is InChI=1S/C41H58N6O8/c1-7-14-30(44-36(40(53)46(5)6)29-17-10-9-11-18-29)26-43-39(52)37(50)32(15-8-2)45-38(51)33-20-13-22-47(33)35(49)27-42-34(48)25-28-16-12-19-31(24-28)55-23-21-41(3,4)54/h9-12,14,16-19,24,32-33,36,44,54H,7-8,13,15,20-23,25-27H2,1-6H3,(H,42,48)(H,43,52)(H,45,51)/b30-14+. The molecule has 2 aromatic carbocycles. The first-order valence-corrected chi connectivity index (χ1v) is 19.0. The highest BCUT2D eigenvalue weighted by Crippen LogP contribution is 2.20. The summed E-state index contributed by atoms with van der Waals surface area (Å²) in [7, 11) is 3.32. The van der Waals surface area contributed by atoms with Crippen LogP contribution >= 0.6 is 0 Å². The molecule has 1 saturated heterocycles. The molecule has 0 aliphatic carbocycles. The maximum absolute atomic E-state index is 13.5. The summed E-state index contributed by atoms with van der Waals surface area (Å²) in [4.78, 5) is 81.9. The minimum absolute atomic E-state index is 0.0103. The quantitative estimate of drug-likeness (QED) is 0.119. The molecular weight excluding hydrogens is 704 g/mol. The van der Waals surface area contributed by atoms with E-state index in [1.165, 1.54) is 9.80 Å². The predicted octanol–water partition coefficient (Wildman–Crippen LogP) is 2.56. The Morgan fingerprint density at radius 1 is 0.982 bits per heavy atom. The van der Waals surface area contributed by atoms with Crippen LogP contribution in [0.15, 0.2) is 66.4 Å². The molecule has 1 aliphatic heterocycles. The second kappa shape index (κ2) is 21.6. The lowest BCUT2D eigenvalue weighted by Crippen LogP contribution is -2.54. The van der Waals surface area contributed by atoms with Crippen molar-refractivity contribution in [3.05, 3.63) is 77.5 Å². The molecule has 5 amide bonds. The zero-order valence-electron chi connectivity index (χ0n) is 33.0. The van der Waals surface area contributed by atoms with Crippen LogP contribution in [0.4, 0.5) is 0 Å². The average molecular weight is 763 g/mol. The van der Waals surface area contributed by atoms with Crippen molar-refractivity contribution in [2.45, 2.75) is 96.4 Å². The number of nitrogens with one attached hydrogen (secondary N) is 4. The number of aliphatic hydroxyl groups is 1. The Kier molecular flexibility index (Phi) is 17.3. The molecule has 0 aromatic heterocycles. The smallest absolute Gasteiger partial charge is 0.289 e. The van der Waals surface area contributed by atoms with Gasteiger partial charge in [0, 0.05) is 32.8 Å². The van der Waals surface area contributed by atoms with Crippen LogP contribution in [-0.2, 0) is 35.2 Å². The average Bonchev–Trinajstić information content (AvgIpc) is 3.65. The Bertz CT molecular complexity index is 1660. The van der Waals surface area contributed by atoms with E-state index in [1.807, 2.05) is 50.3 Å². The molecule has 3 atom stereocenters. The summed E-state index contributed by atoms with van der Waals surface area (Å²) in [6.07, 6.45) is 4.54. The lowest BCUT2D eigenvalue weighted by atomic mass is 10.0. The van der Waals surface area contributed by atoms with Crippen LogP contribution in [0.3, 0.4) is 0 Å². The van der Waals surface area contributed by atoms with Crippen LogP contribution in [0.2, 0.25) is 0 Å². The van der Waals surface area contributed by atoms with Crippen molar-refractivity contribution in [1.29, 1.82) is 0 Å². The number of hydrogen-bond donors (Lipinski definition) is 5. The first-order chi connectivity index (χ1) is 26.1. The number of ether oxygens (including phenoxy) is 1. The van der Waals surface area contributed by atoms with E-state index in [-0.39, 0.29) is 37.7 Å².